The fourth-order valence-corrected chi connectivity index (χ4v) is 1.77. The van der Waals surface area contributed by atoms with E-state index < -0.39 is 0 Å². The first kappa shape index (κ1) is 13.0. The lowest BCUT2D eigenvalue weighted by atomic mass is 10.1. The zero-order valence-corrected chi connectivity index (χ0v) is 10.5. The molecule has 90 valence electrons. The van der Waals surface area contributed by atoms with Crippen LogP contribution in [-0.4, -0.2) is 32.1 Å². The minimum atomic E-state index is 0.687. The van der Waals surface area contributed by atoms with Crippen LogP contribution in [0.2, 0.25) is 0 Å². The predicted molar refractivity (Wildman–Crippen MR) is 67.8 cm³/mol. The van der Waals surface area contributed by atoms with Crippen LogP contribution in [0.4, 0.5) is 0 Å². The summed E-state index contributed by atoms with van der Waals surface area (Å²) in [5.74, 6) is 0.959. The van der Waals surface area contributed by atoms with E-state index in [1.807, 2.05) is 6.07 Å². The maximum atomic E-state index is 5.54. The number of hydrogen-bond donors (Lipinski definition) is 1. The minimum Gasteiger partial charge on any atom is -0.496 e. The Labute approximate surface area is 98.2 Å². The van der Waals surface area contributed by atoms with Crippen molar-refractivity contribution in [2.45, 2.75) is 19.9 Å². The molecule has 1 aromatic rings. The minimum absolute atomic E-state index is 0.687. The molecule has 2 N–H and O–H groups in total. The lowest BCUT2D eigenvalue weighted by molar-refractivity contribution is 0.325. The molecule has 0 saturated carbocycles. The van der Waals surface area contributed by atoms with Gasteiger partial charge in [0.25, 0.3) is 0 Å². The van der Waals surface area contributed by atoms with Crippen LogP contribution in [0.15, 0.2) is 18.2 Å². The van der Waals surface area contributed by atoms with Gasteiger partial charge in [-0.3, -0.25) is 0 Å². The van der Waals surface area contributed by atoms with Gasteiger partial charge >= 0.3 is 0 Å². The van der Waals surface area contributed by atoms with Gasteiger partial charge in [0.15, 0.2) is 0 Å². The highest BCUT2D eigenvalue weighted by Gasteiger charge is 2.06. The van der Waals surface area contributed by atoms with Crippen molar-refractivity contribution in [2.24, 2.45) is 5.73 Å². The average Bonchev–Trinajstić information content (AvgIpc) is 2.29. The van der Waals surface area contributed by atoms with Crippen molar-refractivity contribution in [3.8, 4) is 5.75 Å². The molecule has 1 aromatic carbocycles. The summed E-state index contributed by atoms with van der Waals surface area (Å²) >= 11 is 0. The smallest absolute Gasteiger partial charge is 0.123 e. The molecule has 0 aliphatic heterocycles. The van der Waals surface area contributed by atoms with Crippen molar-refractivity contribution >= 4 is 0 Å². The Morgan fingerprint density at radius 1 is 1.38 bits per heavy atom. The molecular formula is C13H22N2O. The molecule has 0 bridgehead atoms. The van der Waals surface area contributed by atoms with Gasteiger partial charge in [-0.2, -0.15) is 0 Å². The molecule has 1 rings (SSSR count). The summed E-state index contributed by atoms with van der Waals surface area (Å²) in [5, 5.41) is 0. The summed E-state index contributed by atoms with van der Waals surface area (Å²) in [6.45, 7) is 4.63. The number of rotatable bonds is 6. The van der Waals surface area contributed by atoms with Gasteiger partial charge in [0.2, 0.25) is 0 Å². The van der Waals surface area contributed by atoms with Crippen LogP contribution in [0.3, 0.4) is 0 Å². The van der Waals surface area contributed by atoms with Crippen molar-refractivity contribution in [3.05, 3.63) is 29.3 Å². The normalized spacial score (nSPS) is 10.8. The molecule has 0 radical (unpaired) electrons. The van der Waals surface area contributed by atoms with Crippen LogP contribution in [0.5, 0.6) is 5.75 Å². The molecule has 0 unspecified atom stereocenters. The quantitative estimate of drug-likeness (QED) is 0.795. The molecule has 3 nitrogen and oxygen atoms in total. The molecule has 16 heavy (non-hydrogen) atoms. The van der Waals surface area contributed by atoms with E-state index in [2.05, 4.69) is 31.0 Å². The maximum absolute atomic E-state index is 5.54. The van der Waals surface area contributed by atoms with Crippen LogP contribution in [0, 0.1) is 0 Å². The molecule has 0 aromatic heterocycles. The number of ether oxygens (including phenoxy) is 1. The first-order chi connectivity index (χ1) is 7.71. The number of methoxy groups -OCH3 is 1. The monoisotopic (exact) mass is 222 g/mol. The third-order valence-corrected chi connectivity index (χ3v) is 2.70. The summed E-state index contributed by atoms with van der Waals surface area (Å²) in [6.07, 6.45) is 1.05. The van der Waals surface area contributed by atoms with Crippen LogP contribution in [0.25, 0.3) is 0 Å². The number of nitrogens with zero attached hydrogens (tertiary/aromatic N) is 1. The molecule has 3 heteroatoms. The molecular weight excluding hydrogens is 200 g/mol. The van der Waals surface area contributed by atoms with E-state index in [-0.39, 0.29) is 0 Å². The molecule has 0 amide bonds. The van der Waals surface area contributed by atoms with Gasteiger partial charge in [0, 0.05) is 25.2 Å². The Balaban J connectivity index is 2.82. The highest BCUT2D eigenvalue weighted by molar-refractivity contribution is 5.37. The van der Waals surface area contributed by atoms with Gasteiger partial charge in [0.05, 0.1) is 7.11 Å². The Hall–Kier alpha value is -1.06. The van der Waals surface area contributed by atoms with Crippen LogP contribution in [0.1, 0.15) is 18.1 Å². The summed E-state index contributed by atoms with van der Waals surface area (Å²) in [4.78, 5) is 2.21. The summed E-state index contributed by atoms with van der Waals surface area (Å²) in [5.41, 5.74) is 8.12. The third kappa shape index (κ3) is 3.51. The van der Waals surface area contributed by atoms with E-state index >= 15 is 0 Å². The van der Waals surface area contributed by atoms with E-state index in [0.29, 0.717) is 6.54 Å². The van der Waals surface area contributed by atoms with Crippen LogP contribution < -0.4 is 10.5 Å². The Morgan fingerprint density at radius 2 is 2.12 bits per heavy atom. The standard InChI is InChI=1S/C13H22N2O/c1-4-11-5-6-13(16-3)12(9-11)10-15(2)8-7-14/h5-6,9H,4,7-8,10,14H2,1-3H3. The van der Waals surface area contributed by atoms with Gasteiger partial charge in [0.1, 0.15) is 5.75 Å². The first-order valence-corrected chi connectivity index (χ1v) is 5.75. The van der Waals surface area contributed by atoms with Crippen LogP contribution in [-0.2, 0) is 13.0 Å². The van der Waals surface area contributed by atoms with Crippen molar-refractivity contribution in [3.63, 3.8) is 0 Å². The van der Waals surface area contributed by atoms with Crippen molar-refractivity contribution in [1.82, 2.24) is 4.90 Å². The van der Waals surface area contributed by atoms with E-state index in [0.717, 1.165) is 25.3 Å². The molecule has 0 aliphatic carbocycles. The first-order valence-electron chi connectivity index (χ1n) is 5.75. The van der Waals surface area contributed by atoms with Gasteiger partial charge in [-0.1, -0.05) is 19.1 Å². The number of aryl methyl sites for hydroxylation is 1. The second-order valence-corrected chi connectivity index (χ2v) is 4.03. The second kappa shape index (κ2) is 6.51. The zero-order valence-electron chi connectivity index (χ0n) is 10.5. The fraction of sp³-hybridized carbons (Fsp3) is 0.538. The van der Waals surface area contributed by atoms with E-state index in [1.165, 1.54) is 11.1 Å². The van der Waals surface area contributed by atoms with Gasteiger partial charge in [-0.05, 0) is 25.1 Å². The SMILES string of the molecule is CCc1ccc(OC)c(CN(C)CCN)c1. The summed E-state index contributed by atoms with van der Waals surface area (Å²) in [7, 11) is 3.79. The number of nitrogens with two attached hydrogens (primary N) is 1. The van der Waals surface area contributed by atoms with Crippen molar-refractivity contribution < 1.29 is 4.74 Å². The van der Waals surface area contributed by atoms with Gasteiger partial charge in [-0.25, -0.2) is 0 Å². The van der Waals surface area contributed by atoms with E-state index in [4.69, 9.17) is 10.5 Å². The van der Waals surface area contributed by atoms with E-state index in [1.54, 1.807) is 7.11 Å². The topological polar surface area (TPSA) is 38.5 Å². The molecule has 0 aliphatic rings. The Morgan fingerprint density at radius 3 is 2.69 bits per heavy atom. The van der Waals surface area contributed by atoms with Crippen molar-refractivity contribution in [1.29, 1.82) is 0 Å². The average molecular weight is 222 g/mol. The Bertz CT molecular complexity index is 326. The molecule has 0 fully saturated rings. The Kier molecular flexibility index (Phi) is 5.29. The van der Waals surface area contributed by atoms with E-state index in [9.17, 15) is 0 Å². The molecule has 0 heterocycles. The van der Waals surface area contributed by atoms with Crippen molar-refractivity contribution in [2.75, 3.05) is 27.2 Å². The zero-order chi connectivity index (χ0) is 12.0. The highest BCUT2D eigenvalue weighted by atomic mass is 16.5. The molecule has 0 spiro atoms. The van der Waals surface area contributed by atoms with Gasteiger partial charge < -0.3 is 15.4 Å². The lowest BCUT2D eigenvalue weighted by Gasteiger charge is -2.18. The molecule has 0 saturated heterocycles. The predicted octanol–water partition coefficient (Wildman–Crippen LogP) is 1.65. The largest absolute Gasteiger partial charge is 0.496 e. The number of likely N-dealkylation sites (N-methyl/N-ethyl adjacent to an activating group) is 1. The molecule has 0 atom stereocenters. The highest BCUT2D eigenvalue weighted by Crippen LogP contribution is 2.21. The van der Waals surface area contributed by atoms with Gasteiger partial charge in [-0.15, -0.1) is 0 Å². The summed E-state index contributed by atoms with van der Waals surface area (Å²) < 4.78 is 5.37. The summed E-state index contributed by atoms with van der Waals surface area (Å²) in [6, 6.07) is 6.38. The maximum Gasteiger partial charge on any atom is 0.123 e. The second-order valence-electron chi connectivity index (χ2n) is 4.03. The number of hydrogen-bond acceptors (Lipinski definition) is 3. The van der Waals surface area contributed by atoms with Crippen LogP contribution >= 0.6 is 0 Å². The third-order valence-electron chi connectivity index (χ3n) is 2.70. The fourth-order valence-electron chi connectivity index (χ4n) is 1.77. The number of benzene rings is 1. The lowest BCUT2D eigenvalue weighted by Crippen LogP contribution is -2.25.